The average molecular weight is 258 g/mol. The Balaban J connectivity index is 2.37. The van der Waals surface area contributed by atoms with E-state index in [9.17, 15) is 20.1 Å². The highest BCUT2D eigenvalue weighted by Gasteiger charge is 2.35. The van der Waals surface area contributed by atoms with Crippen LogP contribution in [0.2, 0.25) is 0 Å². The molecule has 3 N–H and O–H groups in total. The van der Waals surface area contributed by atoms with Crippen LogP contribution in [0, 0.1) is 0 Å². The van der Waals surface area contributed by atoms with E-state index in [0.717, 1.165) is 0 Å². The van der Waals surface area contributed by atoms with E-state index < -0.39 is 5.60 Å². The highest BCUT2D eigenvalue weighted by atomic mass is 16.3. The second-order valence-electron chi connectivity index (χ2n) is 5.41. The molecule has 0 heterocycles. The van der Waals surface area contributed by atoms with E-state index in [-0.39, 0.29) is 34.7 Å². The van der Waals surface area contributed by atoms with Crippen LogP contribution in [-0.4, -0.2) is 26.7 Å². The van der Waals surface area contributed by atoms with Crippen molar-refractivity contribution in [3.05, 3.63) is 35.4 Å². The number of Topliss-reactive ketones (excluding diaryl/α,β-unsaturated/α-hetero) is 1. The van der Waals surface area contributed by atoms with E-state index in [0.29, 0.717) is 17.4 Å². The van der Waals surface area contributed by atoms with Crippen molar-refractivity contribution in [2.75, 3.05) is 0 Å². The minimum atomic E-state index is -1.08. The number of phenols is 2. The zero-order valence-electron chi connectivity index (χ0n) is 10.5. The van der Waals surface area contributed by atoms with Gasteiger partial charge in [-0.25, -0.2) is 0 Å². The lowest BCUT2D eigenvalue weighted by Gasteiger charge is -2.29. The van der Waals surface area contributed by atoms with Gasteiger partial charge in [-0.15, -0.1) is 0 Å². The number of benzene rings is 2. The van der Waals surface area contributed by atoms with Crippen molar-refractivity contribution in [1.82, 2.24) is 0 Å². The molecule has 0 spiro atoms. The lowest BCUT2D eigenvalue weighted by atomic mass is 9.79. The topological polar surface area (TPSA) is 77.8 Å². The molecule has 19 heavy (non-hydrogen) atoms. The first-order valence-corrected chi connectivity index (χ1v) is 6.11. The van der Waals surface area contributed by atoms with E-state index in [2.05, 4.69) is 0 Å². The highest BCUT2D eigenvalue weighted by Crippen LogP contribution is 2.41. The standard InChI is InChI=1S/C15H14O4/c1-15(19)6-9-5-8-3-2-4-10(16)12(8)14(18)13(9)11(17)7-15/h2-5,16,18-19H,6-7H2,1H3. The molecular formula is C15H14O4. The third-order valence-corrected chi connectivity index (χ3v) is 3.59. The molecule has 2 aromatic carbocycles. The number of carbonyl (C=O) groups excluding carboxylic acids is 1. The van der Waals surface area contributed by atoms with Crippen LogP contribution in [-0.2, 0) is 6.42 Å². The molecule has 0 aliphatic heterocycles. The normalized spacial score (nSPS) is 22.5. The van der Waals surface area contributed by atoms with Crippen molar-refractivity contribution < 1.29 is 20.1 Å². The Labute approximate surface area is 109 Å². The van der Waals surface area contributed by atoms with Crippen LogP contribution in [0.1, 0.15) is 29.3 Å². The van der Waals surface area contributed by atoms with Crippen LogP contribution < -0.4 is 0 Å². The summed E-state index contributed by atoms with van der Waals surface area (Å²) < 4.78 is 0. The van der Waals surface area contributed by atoms with Crippen molar-refractivity contribution in [2.45, 2.75) is 25.4 Å². The summed E-state index contributed by atoms with van der Waals surface area (Å²) in [5, 5.41) is 31.1. The van der Waals surface area contributed by atoms with Gasteiger partial charge in [0.2, 0.25) is 0 Å². The molecule has 4 nitrogen and oxygen atoms in total. The summed E-state index contributed by atoms with van der Waals surface area (Å²) in [6, 6.07) is 6.64. The van der Waals surface area contributed by atoms with Gasteiger partial charge in [0.05, 0.1) is 16.6 Å². The van der Waals surface area contributed by atoms with Crippen molar-refractivity contribution in [3.8, 4) is 11.5 Å². The molecule has 3 rings (SSSR count). The summed E-state index contributed by atoms with van der Waals surface area (Å²) in [4.78, 5) is 12.1. The number of ketones is 1. The summed E-state index contributed by atoms with van der Waals surface area (Å²) >= 11 is 0. The van der Waals surface area contributed by atoms with Gasteiger partial charge in [0, 0.05) is 12.8 Å². The van der Waals surface area contributed by atoms with E-state index >= 15 is 0 Å². The Kier molecular flexibility index (Phi) is 2.34. The van der Waals surface area contributed by atoms with Crippen LogP contribution in [0.3, 0.4) is 0 Å². The van der Waals surface area contributed by atoms with Crippen molar-refractivity contribution in [2.24, 2.45) is 0 Å². The maximum absolute atomic E-state index is 12.1. The van der Waals surface area contributed by atoms with Gasteiger partial charge in [-0.2, -0.15) is 0 Å². The molecule has 1 atom stereocenters. The molecular weight excluding hydrogens is 244 g/mol. The predicted octanol–water partition coefficient (Wildman–Crippen LogP) is 2.13. The number of fused-ring (bicyclic) bond motifs is 2. The zero-order valence-corrected chi connectivity index (χ0v) is 10.5. The fourth-order valence-corrected chi connectivity index (χ4v) is 2.83. The van der Waals surface area contributed by atoms with Crippen LogP contribution in [0.5, 0.6) is 11.5 Å². The van der Waals surface area contributed by atoms with Gasteiger partial charge in [-0.05, 0) is 30.0 Å². The zero-order chi connectivity index (χ0) is 13.8. The third kappa shape index (κ3) is 1.76. The Bertz CT molecular complexity index is 701. The van der Waals surface area contributed by atoms with Gasteiger partial charge >= 0.3 is 0 Å². The quantitative estimate of drug-likeness (QED) is 0.676. The smallest absolute Gasteiger partial charge is 0.169 e. The summed E-state index contributed by atoms with van der Waals surface area (Å²) in [6.45, 7) is 1.61. The largest absolute Gasteiger partial charge is 0.507 e. The first kappa shape index (κ1) is 12.0. The number of phenolic OH excluding ortho intramolecular Hbond substituents is 2. The number of rotatable bonds is 0. The Morgan fingerprint density at radius 3 is 2.68 bits per heavy atom. The summed E-state index contributed by atoms with van der Waals surface area (Å²) in [7, 11) is 0. The minimum Gasteiger partial charge on any atom is -0.507 e. The molecule has 0 radical (unpaired) electrons. The molecule has 0 fully saturated rings. The molecule has 1 unspecified atom stereocenters. The van der Waals surface area contributed by atoms with Crippen LogP contribution >= 0.6 is 0 Å². The average Bonchev–Trinajstić information content (AvgIpc) is 2.25. The number of aliphatic hydroxyl groups is 1. The van der Waals surface area contributed by atoms with Crippen molar-refractivity contribution in [1.29, 1.82) is 0 Å². The third-order valence-electron chi connectivity index (χ3n) is 3.59. The van der Waals surface area contributed by atoms with Gasteiger partial charge < -0.3 is 15.3 Å². The minimum absolute atomic E-state index is 0.0212. The molecule has 0 aromatic heterocycles. The molecule has 0 saturated carbocycles. The molecule has 1 aliphatic carbocycles. The van der Waals surface area contributed by atoms with Gasteiger partial charge in [0.25, 0.3) is 0 Å². The van der Waals surface area contributed by atoms with E-state index in [4.69, 9.17) is 0 Å². The van der Waals surface area contributed by atoms with Crippen molar-refractivity contribution in [3.63, 3.8) is 0 Å². The van der Waals surface area contributed by atoms with E-state index in [1.54, 1.807) is 25.1 Å². The van der Waals surface area contributed by atoms with Gasteiger partial charge in [-0.3, -0.25) is 4.79 Å². The Hall–Kier alpha value is -2.07. The van der Waals surface area contributed by atoms with Gasteiger partial charge in [-0.1, -0.05) is 12.1 Å². The van der Waals surface area contributed by atoms with Gasteiger partial charge in [0.15, 0.2) is 5.78 Å². The molecule has 0 amide bonds. The second kappa shape index (κ2) is 3.71. The van der Waals surface area contributed by atoms with Gasteiger partial charge in [0.1, 0.15) is 11.5 Å². The fourth-order valence-electron chi connectivity index (χ4n) is 2.83. The maximum Gasteiger partial charge on any atom is 0.169 e. The van der Waals surface area contributed by atoms with Crippen LogP contribution in [0.15, 0.2) is 24.3 Å². The van der Waals surface area contributed by atoms with E-state index in [1.165, 1.54) is 6.07 Å². The first-order chi connectivity index (χ1) is 8.89. The Morgan fingerprint density at radius 1 is 1.21 bits per heavy atom. The molecule has 2 aromatic rings. The lowest BCUT2D eigenvalue weighted by molar-refractivity contribution is 0.0409. The summed E-state index contributed by atoms with van der Waals surface area (Å²) in [5.74, 6) is -0.539. The van der Waals surface area contributed by atoms with Crippen LogP contribution in [0.4, 0.5) is 0 Å². The molecule has 4 heteroatoms. The highest BCUT2D eigenvalue weighted by molar-refractivity contribution is 6.08. The Morgan fingerprint density at radius 2 is 1.95 bits per heavy atom. The predicted molar refractivity (Wildman–Crippen MR) is 70.6 cm³/mol. The maximum atomic E-state index is 12.1. The second-order valence-corrected chi connectivity index (χ2v) is 5.41. The first-order valence-electron chi connectivity index (χ1n) is 6.11. The van der Waals surface area contributed by atoms with Crippen molar-refractivity contribution >= 4 is 16.6 Å². The fraction of sp³-hybridized carbons (Fsp3) is 0.267. The lowest BCUT2D eigenvalue weighted by Crippen LogP contribution is -2.35. The molecule has 0 saturated heterocycles. The summed E-state index contributed by atoms with van der Waals surface area (Å²) in [6.07, 6.45) is 0.292. The molecule has 98 valence electrons. The summed E-state index contributed by atoms with van der Waals surface area (Å²) in [5.41, 5.74) is -0.238. The monoisotopic (exact) mass is 258 g/mol. The SMILES string of the molecule is CC1(O)CC(=O)c2c(cc3cccc(O)c3c2O)C1. The van der Waals surface area contributed by atoms with E-state index in [1.807, 2.05) is 0 Å². The number of aromatic hydroxyl groups is 2. The number of hydrogen-bond donors (Lipinski definition) is 3. The van der Waals surface area contributed by atoms with Crippen LogP contribution in [0.25, 0.3) is 10.8 Å². The number of carbonyl (C=O) groups is 1. The number of hydrogen-bond acceptors (Lipinski definition) is 4. The molecule has 1 aliphatic rings. The molecule has 0 bridgehead atoms.